The Kier molecular flexibility index (Phi) is 4.91. The summed E-state index contributed by atoms with van der Waals surface area (Å²) in [7, 11) is 1.67. The Morgan fingerprint density at radius 2 is 1.74 bits per heavy atom. The van der Waals surface area contributed by atoms with Gasteiger partial charge in [0, 0.05) is 20.3 Å². The first-order valence-corrected chi connectivity index (χ1v) is 7.58. The Morgan fingerprint density at radius 3 is 2.26 bits per heavy atom. The zero-order valence-electron chi connectivity index (χ0n) is 10.9. The van der Waals surface area contributed by atoms with Gasteiger partial charge in [-0.2, -0.15) is 0 Å². The lowest BCUT2D eigenvalue weighted by Gasteiger charge is -2.10. The average Bonchev–Trinajstić information content (AvgIpc) is 2.39. The van der Waals surface area contributed by atoms with Gasteiger partial charge in [-0.05, 0) is 48.9 Å². The SMILES string of the molecule is COc1ccc(Sc2ccc(C(C)N)c(Br)c2)cc1. The van der Waals surface area contributed by atoms with E-state index in [-0.39, 0.29) is 6.04 Å². The van der Waals surface area contributed by atoms with E-state index < -0.39 is 0 Å². The maximum absolute atomic E-state index is 5.90. The van der Waals surface area contributed by atoms with Gasteiger partial charge in [-0.1, -0.05) is 33.8 Å². The molecule has 1 unspecified atom stereocenters. The van der Waals surface area contributed by atoms with Crippen LogP contribution in [0.15, 0.2) is 56.7 Å². The molecule has 2 nitrogen and oxygen atoms in total. The van der Waals surface area contributed by atoms with E-state index in [4.69, 9.17) is 10.5 Å². The van der Waals surface area contributed by atoms with Crippen molar-refractivity contribution in [2.75, 3.05) is 7.11 Å². The molecule has 4 heteroatoms. The van der Waals surface area contributed by atoms with Crippen molar-refractivity contribution in [2.24, 2.45) is 5.73 Å². The molecular formula is C15H16BrNOS. The lowest BCUT2D eigenvalue weighted by Crippen LogP contribution is -2.05. The summed E-state index contributed by atoms with van der Waals surface area (Å²) >= 11 is 5.29. The quantitative estimate of drug-likeness (QED) is 0.883. The summed E-state index contributed by atoms with van der Waals surface area (Å²) in [6, 6.07) is 14.3. The van der Waals surface area contributed by atoms with Crippen LogP contribution < -0.4 is 10.5 Å². The molecule has 2 rings (SSSR count). The number of methoxy groups -OCH3 is 1. The van der Waals surface area contributed by atoms with Crippen LogP contribution in [-0.4, -0.2) is 7.11 Å². The van der Waals surface area contributed by atoms with E-state index in [0.29, 0.717) is 0 Å². The molecule has 19 heavy (non-hydrogen) atoms. The second kappa shape index (κ2) is 6.46. The Bertz CT molecular complexity index is 555. The van der Waals surface area contributed by atoms with Gasteiger partial charge in [-0.3, -0.25) is 0 Å². The first-order valence-electron chi connectivity index (χ1n) is 5.97. The molecule has 0 amide bonds. The largest absolute Gasteiger partial charge is 0.497 e. The van der Waals surface area contributed by atoms with Crippen LogP contribution in [0, 0.1) is 0 Å². The van der Waals surface area contributed by atoms with E-state index in [1.54, 1.807) is 18.9 Å². The van der Waals surface area contributed by atoms with Gasteiger partial charge in [0.1, 0.15) is 5.75 Å². The molecule has 0 saturated carbocycles. The Labute approximate surface area is 126 Å². The third kappa shape index (κ3) is 3.75. The average molecular weight is 338 g/mol. The molecule has 2 N–H and O–H groups in total. The molecule has 0 aliphatic carbocycles. The van der Waals surface area contributed by atoms with Crippen molar-refractivity contribution in [3.05, 3.63) is 52.5 Å². The molecule has 2 aromatic rings. The minimum Gasteiger partial charge on any atom is -0.497 e. The Balaban J connectivity index is 2.16. The van der Waals surface area contributed by atoms with E-state index in [9.17, 15) is 0 Å². The van der Waals surface area contributed by atoms with Crippen molar-refractivity contribution >= 4 is 27.7 Å². The number of benzene rings is 2. The predicted octanol–water partition coefficient (Wildman–Crippen LogP) is 4.63. The molecule has 0 fully saturated rings. The van der Waals surface area contributed by atoms with Gasteiger partial charge in [0.2, 0.25) is 0 Å². The van der Waals surface area contributed by atoms with Crippen LogP contribution in [0.4, 0.5) is 0 Å². The summed E-state index contributed by atoms with van der Waals surface area (Å²) in [4.78, 5) is 2.36. The smallest absolute Gasteiger partial charge is 0.118 e. The van der Waals surface area contributed by atoms with Crippen molar-refractivity contribution in [2.45, 2.75) is 22.8 Å². The molecule has 0 saturated heterocycles. The highest BCUT2D eigenvalue weighted by molar-refractivity contribution is 9.10. The molecule has 2 aromatic carbocycles. The fraction of sp³-hybridized carbons (Fsp3) is 0.200. The number of hydrogen-bond acceptors (Lipinski definition) is 3. The van der Waals surface area contributed by atoms with E-state index in [1.165, 1.54) is 9.79 Å². The van der Waals surface area contributed by atoms with Gasteiger partial charge in [-0.25, -0.2) is 0 Å². The highest BCUT2D eigenvalue weighted by atomic mass is 79.9. The van der Waals surface area contributed by atoms with Gasteiger partial charge in [0.15, 0.2) is 0 Å². The van der Waals surface area contributed by atoms with Gasteiger partial charge in [0.05, 0.1) is 7.11 Å². The Hall–Kier alpha value is -0.970. The molecule has 0 aromatic heterocycles. The number of nitrogens with two attached hydrogens (primary N) is 1. The van der Waals surface area contributed by atoms with Crippen molar-refractivity contribution < 1.29 is 4.74 Å². The van der Waals surface area contributed by atoms with Crippen LogP contribution in [0.3, 0.4) is 0 Å². The summed E-state index contributed by atoms with van der Waals surface area (Å²) in [5.74, 6) is 0.873. The third-order valence-corrected chi connectivity index (χ3v) is 4.44. The molecule has 0 aliphatic heterocycles. The van der Waals surface area contributed by atoms with Crippen LogP contribution in [-0.2, 0) is 0 Å². The summed E-state index contributed by atoms with van der Waals surface area (Å²) in [6.07, 6.45) is 0. The number of halogens is 1. The monoisotopic (exact) mass is 337 g/mol. The standard InChI is InChI=1S/C15H16BrNOS/c1-10(17)14-8-7-13(9-15(14)16)19-12-5-3-11(18-2)4-6-12/h3-10H,17H2,1-2H3. The van der Waals surface area contributed by atoms with Gasteiger partial charge >= 0.3 is 0 Å². The molecule has 0 radical (unpaired) electrons. The molecule has 0 heterocycles. The van der Waals surface area contributed by atoms with Crippen molar-refractivity contribution in [1.82, 2.24) is 0 Å². The summed E-state index contributed by atoms with van der Waals surface area (Å²) in [5.41, 5.74) is 7.02. The maximum Gasteiger partial charge on any atom is 0.118 e. The van der Waals surface area contributed by atoms with Crippen LogP contribution >= 0.6 is 27.7 Å². The van der Waals surface area contributed by atoms with E-state index in [0.717, 1.165) is 15.8 Å². The topological polar surface area (TPSA) is 35.2 Å². The molecule has 100 valence electrons. The number of hydrogen-bond donors (Lipinski definition) is 1. The molecule has 0 spiro atoms. The van der Waals surface area contributed by atoms with Crippen molar-refractivity contribution in [3.63, 3.8) is 0 Å². The van der Waals surface area contributed by atoms with Crippen LogP contribution in [0.2, 0.25) is 0 Å². The van der Waals surface area contributed by atoms with Crippen LogP contribution in [0.1, 0.15) is 18.5 Å². The normalized spacial score (nSPS) is 12.2. The molecule has 1 atom stereocenters. The zero-order valence-corrected chi connectivity index (χ0v) is 13.3. The van der Waals surface area contributed by atoms with E-state index >= 15 is 0 Å². The lowest BCUT2D eigenvalue weighted by atomic mass is 10.1. The van der Waals surface area contributed by atoms with Crippen molar-refractivity contribution in [1.29, 1.82) is 0 Å². The van der Waals surface area contributed by atoms with E-state index in [1.807, 2.05) is 19.1 Å². The number of ether oxygens (including phenoxy) is 1. The minimum absolute atomic E-state index is 0.0365. The van der Waals surface area contributed by atoms with Crippen LogP contribution in [0.25, 0.3) is 0 Å². The first-order chi connectivity index (χ1) is 9.10. The van der Waals surface area contributed by atoms with E-state index in [2.05, 4.69) is 46.3 Å². The second-order valence-electron chi connectivity index (χ2n) is 4.25. The highest BCUT2D eigenvalue weighted by Crippen LogP contribution is 2.33. The Morgan fingerprint density at radius 1 is 1.11 bits per heavy atom. The minimum atomic E-state index is 0.0365. The molecule has 0 bridgehead atoms. The summed E-state index contributed by atoms with van der Waals surface area (Å²) in [6.45, 7) is 1.98. The maximum atomic E-state index is 5.90. The second-order valence-corrected chi connectivity index (χ2v) is 6.25. The van der Waals surface area contributed by atoms with Gasteiger partial charge in [0.25, 0.3) is 0 Å². The van der Waals surface area contributed by atoms with Crippen LogP contribution in [0.5, 0.6) is 5.75 Å². The summed E-state index contributed by atoms with van der Waals surface area (Å²) < 4.78 is 6.21. The zero-order chi connectivity index (χ0) is 13.8. The fourth-order valence-corrected chi connectivity index (χ4v) is 3.47. The first kappa shape index (κ1) is 14.4. The molecular weight excluding hydrogens is 322 g/mol. The lowest BCUT2D eigenvalue weighted by molar-refractivity contribution is 0.414. The predicted molar refractivity (Wildman–Crippen MR) is 83.9 cm³/mol. The van der Waals surface area contributed by atoms with Gasteiger partial charge < -0.3 is 10.5 Å². The van der Waals surface area contributed by atoms with Gasteiger partial charge in [-0.15, -0.1) is 0 Å². The van der Waals surface area contributed by atoms with Crippen molar-refractivity contribution in [3.8, 4) is 5.75 Å². The fourth-order valence-electron chi connectivity index (χ4n) is 1.72. The highest BCUT2D eigenvalue weighted by Gasteiger charge is 2.06. The third-order valence-electron chi connectivity index (χ3n) is 2.76. The number of rotatable bonds is 4. The summed E-state index contributed by atoms with van der Waals surface area (Å²) in [5, 5.41) is 0. The molecule has 0 aliphatic rings.